The van der Waals surface area contributed by atoms with Crippen LogP contribution in [0.15, 0.2) is 28.7 Å². The molecule has 0 saturated heterocycles. The van der Waals surface area contributed by atoms with E-state index in [1.54, 1.807) is 13.0 Å². The fourth-order valence-electron chi connectivity index (χ4n) is 1.60. The molecule has 0 aliphatic heterocycles. The summed E-state index contributed by atoms with van der Waals surface area (Å²) >= 11 is 0. The van der Waals surface area contributed by atoms with Crippen LogP contribution in [-0.4, -0.2) is 15.0 Å². The van der Waals surface area contributed by atoms with E-state index in [0.29, 0.717) is 5.56 Å². The third-order valence-corrected chi connectivity index (χ3v) is 4.39. The van der Waals surface area contributed by atoms with Gasteiger partial charge in [-0.25, -0.2) is 13.1 Å². The lowest BCUT2D eigenvalue weighted by atomic mass is 10.1. The number of anilines is 1. The Kier molecular flexibility index (Phi) is 4.53. The van der Waals surface area contributed by atoms with E-state index in [1.807, 2.05) is 32.9 Å². The number of aryl methyl sites for hydroxylation is 1. The molecule has 100 valence electrons. The number of hydrogen-bond donors (Lipinski definition) is 2. The summed E-state index contributed by atoms with van der Waals surface area (Å²) in [6.45, 7) is 7.74. The molecule has 0 atom stereocenters. The summed E-state index contributed by atoms with van der Waals surface area (Å²) in [5.41, 5.74) is 8.72. The topological polar surface area (TPSA) is 72.2 Å². The Bertz CT molecular complexity index is 571. The van der Waals surface area contributed by atoms with Crippen molar-refractivity contribution in [2.75, 3.05) is 12.3 Å². The molecule has 0 radical (unpaired) electrons. The van der Waals surface area contributed by atoms with Gasteiger partial charge in [0.15, 0.2) is 0 Å². The van der Waals surface area contributed by atoms with Gasteiger partial charge in [0, 0.05) is 6.54 Å². The summed E-state index contributed by atoms with van der Waals surface area (Å²) in [5.74, 6) is 0. The van der Waals surface area contributed by atoms with Gasteiger partial charge in [0.25, 0.3) is 0 Å². The first kappa shape index (κ1) is 14.7. The lowest BCUT2D eigenvalue weighted by Gasteiger charge is -2.12. The van der Waals surface area contributed by atoms with Crippen LogP contribution in [0.2, 0.25) is 0 Å². The maximum Gasteiger partial charge on any atom is 0.243 e. The van der Waals surface area contributed by atoms with Crippen LogP contribution in [0.25, 0.3) is 0 Å². The van der Waals surface area contributed by atoms with E-state index in [0.717, 1.165) is 11.1 Å². The minimum absolute atomic E-state index is 0.185. The molecule has 0 aromatic heterocycles. The Morgan fingerprint density at radius 2 is 1.94 bits per heavy atom. The number of allylic oxidation sites excluding steroid dienone is 1. The zero-order valence-corrected chi connectivity index (χ0v) is 12.1. The van der Waals surface area contributed by atoms with E-state index >= 15 is 0 Å². The lowest BCUT2D eigenvalue weighted by Crippen LogP contribution is -2.25. The number of sulfonamides is 1. The first-order chi connectivity index (χ1) is 8.25. The first-order valence-electron chi connectivity index (χ1n) is 5.74. The standard InChI is InChI=1S/C13H20N2O2S/c1-9(2)7-8-15-18(16,17)13-11(4)10(3)5-6-12(13)14/h5-7,15H,8,14H2,1-4H3. The molecule has 0 saturated carbocycles. The fourth-order valence-corrected chi connectivity index (χ4v) is 2.98. The first-order valence-corrected chi connectivity index (χ1v) is 7.22. The molecular formula is C13H20N2O2S. The van der Waals surface area contributed by atoms with Gasteiger partial charge in [-0.3, -0.25) is 0 Å². The number of nitrogens with two attached hydrogens (primary N) is 1. The zero-order chi connectivity index (χ0) is 13.9. The van der Waals surface area contributed by atoms with Crippen LogP contribution < -0.4 is 10.5 Å². The number of nitrogen functional groups attached to an aromatic ring is 1. The van der Waals surface area contributed by atoms with Crippen molar-refractivity contribution in [3.05, 3.63) is 34.9 Å². The van der Waals surface area contributed by atoms with E-state index in [2.05, 4.69) is 4.72 Å². The van der Waals surface area contributed by atoms with Crippen molar-refractivity contribution < 1.29 is 8.42 Å². The summed E-state index contributed by atoms with van der Waals surface area (Å²) in [4.78, 5) is 0.185. The minimum Gasteiger partial charge on any atom is -0.398 e. The summed E-state index contributed by atoms with van der Waals surface area (Å²) in [6.07, 6.45) is 1.82. The van der Waals surface area contributed by atoms with Crippen LogP contribution in [0.3, 0.4) is 0 Å². The molecule has 0 amide bonds. The molecule has 1 aromatic carbocycles. The van der Waals surface area contributed by atoms with Crippen molar-refractivity contribution in [1.29, 1.82) is 0 Å². The number of nitrogens with one attached hydrogen (secondary N) is 1. The Balaban J connectivity index is 3.13. The highest BCUT2D eigenvalue weighted by Crippen LogP contribution is 2.24. The summed E-state index contributed by atoms with van der Waals surface area (Å²) in [5, 5.41) is 0. The number of rotatable bonds is 4. The van der Waals surface area contributed by atoms with Crippen molar-refractivity contribution in [1.82, 2.24) is 4.72 Å². The molecule has 5 heteroatoms. The molecule has 0 aliphatic rings. The number of hydrogen-bond acceptors (Lipinski definition) is 3. The van der Waals surface area contributed by atoms with Crippen molar-refractivity contribution >= 4 is 15.7 Å². The maximum atomic E-state index is 12.2. The van der Waals surface area contributed by atoms with Crippen molar-refractivity contribution in [3.8, 4) is 0 Å². The Labute approximate surface area is 109 Å². The van der Waals surface area contributed by atoms with E-state index in [9.17, 15) is 8.42 Å². The van der Waals surface area contributed by atoms with Crippen molar-refractivity contribution in [2.45, 2.75) is 32.6 Å². The lowest BCUT2D eigenvalue weighted by molar-refractivity contribution is 0.585. The Hall–Kier alpha value is -1.33. The smallest absolute Gasteiger partial charge is 0.243 e. The Morgan fingerprint density at radius 3 is 2.50 bits per heavy atom. The van der Waals surface area contributed by atoms with Crippen molar-refractivity contribution in [2.24, 2.45) is 0 Å². The van der Waals surface area contributed by atoms with Crippen molar-refractivity contribution in [3.63, 3.8) is 0 Å². The van der Waals surface area contributed by atoms with Crippen LogP contribution in [0, 0.1) is 13.8 Å². The average Bonchev–Trinajstić information content (AvgIpc) is 2.23. The monoisotopic (exact) mass is 268 g/mol. The predicted molar refractivity (Wildman–Crippen MR) is 74.9 cm³/mol. The molecule has 0 aliphatic carbocycles. The minimum atomic E-state index is -3.56. The molecule has 18 heavy (non-hydrogen) atoms. The van der Waals surface area contributed by atoms with Gasteiger partial charge in [-0.2, -0.15) is 0 Å². The Morgan fingerprint density at radius 1 is 1.33 bits per heavy atom. The van der Waals surface area contributed by atoms with E-state index in [-0.39, 0.29) is 17.1 Å². The molecule has 0 fully saturated rings. The highest BCUT2D eigenvalue weighted by Gasteiger charge is 2.20. The van der Waals surface area contributed by atoms with Crippen LogP contribution in [0.5, 0.6) is 0 Å². The molecule has 3 N–H and O–H groups in total. The largest absolute Gasteiger partial charge is 0.398 e. The van der Waals surface area contributed by atoms with E-state index < -0.39 is 10.0 Å². The molecular weight excluding hydrogens is 248 g/mol. The second-order valence-electron chi connectivity index (χ2n) is 4.56. The van der Waals surface area contributed by atoms with Gasteiger partial charge in [-0.15, -0.1) is 0 Å². The van der Waals surface area contributed by atoms with E-state index in [4.69, 9.17) is 5.73 Å². The average molecular weight is 268 g/mol. The van der Waals surface area contributed by atoms with Gasteiger partial charge in [0.1, 0.15) is 4.90 Å². The normalized spacial score (nSPS) is 11.3. The van der Waals surface area contributed by atoms with Crippen LogP contribution in [0.1, 0.15) is 25.0 Å². The molecule has 4 nitrogen and oxygen atoms in total. The second-order valence-corrected chi connectivity index (χ2v) is 6.26. The highest BCUT2D eigenvalue weighted by molar-refractivity contribution is 7.89. The van der Waals surface area contributed by atoms with Crippen LogP contribution >= 0.6 is 0 Å². The highest BCUT2D eigenvalue weighted by atomic mass is 32.2. The molecule has 0 spiro atoms. The van der Waals surface area contributed by atoms with Crippen LogP contribution in [-0.2, 0) is 10.0 Å². The van der Waals surface area contributed by atoms with Gasteiger partial charge in [-0.05, 0) is 44.9 Å². The van der Waals surface area contributed by atoms with Gasteiger partial charge in [0.2, 0.25) is 10.0 Å². The summed E-state index contributed by atoms with van der Waals surface area (Å²) < 4.78 is 26.9. The fraction of sp³-hybridized carbons (Fsp3) is 0.385. The number of benzene rings is 1. The molecule has 0 heterocycles. The van der Waals surface area contributed by atoms with Gasteiger partial charge < -0.3 is 5.73 Å². The van der Waals surface area contributed by atoms with E-state index in [1.165, 1.54) is 0 Å². The predicted octanol–water partition coefficient (Wildman–Crippen LogP) is 2.13. The molecule has 0 unspecified atom stereocenters. The van der Waals surface area contributed by atoms with Crippen LogP contribution in [0.4, 0.5) is 5.69 Å². The van der Waals surface area contributed by atoms with Gasteiger partial charge in [-0.1, -0.05) is 17.7 Å². The molecule has 0 bridgehead atoms. The quantitative estimate of drug-likeness (QED) is 0.649. The SMILES string of the molecule is CC(C)=CCNS(=O)(=O)c1c(N)ccc(C)c1C. The zero-order valence-electron chi connectivity index (χ0n) is 11.2. The third kappa shape index (κ3) is 3.34. The molecule has 1 aromatic rings. The second kappa shape index (κ2) is 5.54. The maximum absolute atomic E-state index is 12.2. The third-order valence-electron chi connectivity index (χ3n) is 2.76. The van der Waals surface area contributed by atoms with Gasteiger partial charge in [0.05, 0.1) is 5.69 Å². The summed E-state index contributed by atoms with van der Waals surface area (Å²) in [7, 11) is -3.56. The molecule has 1 rings (SSSR count). The summed E-state index contributed by atoms with van der Waals surface area (Å²) in [6, 6.07) is 3.44. The van der Waals surface area contributed by atoms with Gasteiger partial charge >= 0.3 is 0 Å².